The molecule has 0 radical (unpaired) electrons. The van der Waals surface area contributed by atoms with E-state index in [2.05, 4.69) is 19.7 Å². The molecule has 0 atom stereocenters. The maximum absolute atomic E-state index is 12.7. The van der Waals surface area contributed by atoms with Crippen LogP contribution in [0.4, 0.5) is 0 Å². The summed E-state index contributed by atoms with van der Waals surface area (Å²) in [6.45, 7) is 15.2. The Balaban J connectivity index is 1.98. The normalized spacial score (nSPS) is 11.4. The summed E-state index contributed by atoms with van der Waals surface area (Å²) in [6.07, 6.45) is 7.89. The van der Waals surface area contributed by atoms with Gasteiger partial charge in [-0.15, -0.1) is 0 Å². The van der Waals surface area contributed by atoms with Gasteiger partial charge in [0.25, 0.3) is 0 Å². The number of rotatable bonds is 11. The molecule has 2 aromatic rings. The largest absolute Gasteiger partial charge is 0.497 e. The first kappa shape index (κ1) is 25.1. The third-order valence-corrected chi connectivity index (χ3v) is 4.71. The minimum absolute atomic E-state index is 0.224. The van der Waals surface area contributed by atoms with Crippen molar-refractivity contribution in [1.82, 2.24) is 0 Å². The Bertz CT molecular complexity index is 1140. The van der Waals surface area contributed by atoms with E-state index in [1.165, 1.54) is 12.2 Å². The molecule has 2 aromatic carbocycles. The van der Waals surface area contributed by atoms with Crippen molar-refractivity contribution in [3.05, 3.63) is 132 Å². The number of hydrogen-bond acceptors (Lipinski definition) is 4. The van der Waals surface area contributed by atoms with E-state index in [1.807, 2.05) is 31.2 Å². The zero-order valence-corrected chi connectivity index (χ0v) is 19.3. The highest BCUT2D eigenvalue weighted by Gasteiger charge is 2.11. The molecule has 0 aliphatic carbocycles. The predicted octanol–water partition coefficient (Wildman–Crippen LogP) is 6.52. The van der Waals surface area contributed by atoms with Gasteiger partial charge in [0, 0.05) is 22.3 Å². The molecule has 33 heavy (non-hydrogen) atoms. The SMILES string of the molecule is C=C(/C=C\C(=C/C)C(=O)C(=C)/C=C\C(=C)C(=O)c1ccc(OC)cc1)Oc1ccc(C)cc1. The van der Waals surface area contributed by atoms with Crippen LogP contribution in [0.5, 0.6) is 11.5 Å². The van der Waals surface area contributed by atoms with Crippen molar-refractivity contribution in [3.63, 3.8) is 0 Å². The minimum atomic E-state index is -0.280. The molecular weight excluding hydrogens is 412 g/mol. The molecule has 0 bridgehead atoms. The highest BCUT2D eigenvalue weighted by molar-refractivity contribution is 6.13. The zero-order chi connectivity index (χ0) is 24.4. The van der Waals surface area contributed by atoms with Gasteiger partial charge in [0.15, 0.2) is 11.6 Å². The van der Waals surface area contributed by atoms with E-state index in [4.69, 9.17) is 9.47 Å². The van der Waals surface area contributed by atoms with E-state index in [0.717, 1.165) is 5.56 Å². The van der Waals surface area contributed by atoms with Crippen molar-refractivity contribution < 1.29 is 19.1 Å². The fraction of sp³-hybridized carbons (Fsp3) is 0.103. The second-order valence-electron chi connectivity index (χ2n) is 7.23. The topological polar surface area (TPSA) is 52.6 Å². The summed E-state index contributed by atoms with van der Waals surface area (Å²) in [7, 11) is 1.56. The Hall–Kier alpha value is -4.18. The summed E-state index contributed by atoms with van der Waals surface area (Å²) in [5, 5.41) is 0. The molecular formula is C29H28O4. The molecule has 0 saturated heterocycles. The summed E-state index contributed by atoms with van der Waals surface area (Å²) >= 11 is 0. The quantitative estimate of drug-likeness (QED) is 0.173. The zero-order valence-electron chi connectivity index (χ0n) is 19.3. The van der Waals surface area contributed by atoms with Crippen LogP contribution in [-0.4, -0.2) is 18.7 Å². The first-order valence-electron chi connectivity index (χ1n) is 10.3. The van der Waals surface area contributed by atoms with E-state index < -0.39 is 0 Å². The number of benzene rings is 2. The average Bonchev–Trinajstić information content (AvgIpc) is 2.83. The van der Waals surface area contributed by atoms with Crippen LogP contribution in [0, 0.1) is 6.92 Å². The van der Waals surface area contributed by atoms with Gasteiger partial charge in [-0.2, -0.15) is 0 Å². The lowest BCUT2D eigenvalue weighted by molar-refractivity contribution is -0.111. The van der Waals surface area contributed by atoms with Gasteiger partial charge in [0.05, 0.1) is 7.11 Å². The minimum Gasteiger partial charge on any atom is -0.497 e. The van der Waals surface area contributed by atoms with Gasteiger partial charge in [-0.05, 0) is 62.4 Å². The number of ketones is 2. The van der Waals surface area contributed by atoms with Crippen molar-refractivity contribution in [2.24, 2.45) is 0 Å². The smallest absolute Gasteiger partial charge is 0.192 e. The predicted molar refractivity (Wildman–Crippen MR) is 134 cm³/mol. The van der Waals surface area contributed by atoms with E-state index in [1.54, 1.807) is 56.5 Å². The van der Waals surface area contributed by atoms with Crippen molar-refractivity contribution in [2.75, 3.05) is 7.11 Å². The molecule has 0 N–H and O–H groups in total. The molecule has 0 aliphatic heterocycles. The fourth-order valence-electron chi connectivity index (χ4n) is 2.74. The van der Waals surface area contributed by atoms with E-state index >= 15 is 0 Å². The van der Waals surface area contributed by atoms with Crippen LogP contribution in [0.15, 0.2) is 121 Å². The molecule has 0 aliphatic rings. The number of Topliss-reactive ketones (excluding diaryl/α,β-unsaturated/α-hetero) is 2. The number of methoxy groups -OCH3 is 1. The van der Waals surface area contributed by atoms with E-state index in [9.17, 15) is 9.59 Å². The molecule has 168 valence electrons. The number of allylic oxidation sites excluding steroid dienone is 8. The van der Waals surface area contributed by atoms with E-state index in [0.29, 0.717) is 28.4 Å². The Morgan fingerprint density at radius 3 is 1.94 bits per heavy atom. The molecule has 0 saturated carbocycles. The number of aryl methyl sites for hydroxylation is 1. The number of carbonyl (C=O) groups excluding carboxylic acids is 2. The Kier molecular flexibility index (Phi) is 9.13. The maximum Gasteiger partial charge on any atom is 0.192 e. The second kappa shape index (κ2) is 12.0. The van der Waals surface area contributed by atoms with Crippen molar-refractivity contribution in [2.45, 2.75) is 13.8 Å². The summed E-state index contributed by atoms with van der Waals surface area (Å²) in [6, 6.07) is 14.3. The lowest BCUT2D eigenvalue weighted by atomic mass is 10.0. The van der Waals surface area contributed by atoms with Gasteiger partial charge in [-0.25, -0.2) is 0 Å². The van der Waals surface area contributed by atoms with Gasteiger partial charge in [-0.3, -0.25) is 9.59 Å². The Morgan fingerprint density at radius 1 is 0.788 bits per heavy atom. The molecule has 0 unspecified atom stereocenters. The Morgan fingerprint density at radius 2 is 1.36 bits per heavy atom. The van der Waals surface area contributed by atoms with Crippen LogP contribution < -0.4 is 9.47 Å². The lowest BCUT2D eigenvalue weighted by Crippen LogP contribution is -2.04. The molecule has 0 aromatic heterocycles. The first-order chi connectivity index (χ1) is 15.7. The third kappa shape index (κ3) is 7.47. The van der Waals surface area contributed by atoms with Crippen LogP contribution in [0.1, 0.15) is 22.8 Å². The lowest BCUT2D eigenvalue weighted by Gasteiger charge is -2.06. The van der Waals surface area contributed by atoms with Crippen LogP contribution >= 0.6 is 0 Å². The van der Waals surface area contributed by atoms with Gasteiger partial charge in [0.1, 0.15) is 17.3 Å². The molecule has 0 spiro atoms. The monoisotopic (exact) mass is 440 g/mol. The van der Waals surface area contributed by atoms with Crippen LogP contribution in [-0.2, 0) is 4.79 Å². The molecule has 0 heterocycles. The molecule has 0 fully saturated rings. The summed E-state index contributed by atoms with van der Waals surface area (Å²) in [4.78, 5) is 25.2. The van der Waals surface area contributed by atoms with Gasteiger partial charge >= 0.3 is 0 Å². The second-order valence-corrected chi connectivity index (χ2v) is 7.23. The van der Waals surface area contributed by atoms with Crippen LogP contribution in [0.2, 0.25) is 0 Å². The summed E-state index contributed by atoms with van der Waals surface area (Å²) in [5.74, 6) is 1.19. The summed E-state index contributed by atoms with van der Waals surface area (Å²) < 4.78 is 10.7. The van der Waals surface area contributed by atoms with Crippen molar-refractivity contribution in [3.8, 4) is 11.5 Å². The van der Waals surface area contributed by atoms with Gasteiger partial charge in [0.2, 0.25) is 0 Å². The maximum atomic E-state index is 12.7. The van der Waals surface area contributed by atoms with Crippen LogP contribution in [0.25, 0.3) is 0 Å². The summed E-state index contributed by atoms with van der Waals surface area (Å²) in [5.41, 5.74) is 2.50. The highest BCUT2D eigenvalue weighted by Crippen LogP contribution is 2.17. The van der Waals surface area contributed by atoms with Crippen molar-refractivity contribution in [1.29, 1.82) is 0 Å². The number of hydrogen-bond donors (Lipinski definition) is 0. The first-order valence-corrected chi connectivity index (χ1v) is 10.3. The van der Waals surface area contributed by atoms with Crippen molar-refractivity contribution >= 4 is 11.6 Å². The van der Waals surface area contributed by atoms with Gasteiger partial charge < -0.3 is 9.47 Å². The number of ether oxygens (including phenoxy) is 2. The third-order valence-electron chi connectivity index (χ3n) is 4.71. The molecule has 0 amide bonds. The average molecular weight is 441 g/mol. The standard InChI is InChI=1S/C29H28O4/c1-7-24(13-12-23(5)33-27-16-8-20(2)9-17-27)28(30)21(3)10-11-22(4)29(31)25-14-18-26(32-6)19-15-25/h7-19H,3-5H2,1-2,6H3/b11-10-,13-12-,24-7+. The highest BCUT2D eigenvalue weighted by atomic mass is 16.5. The van der Waals surface area contributed by atoms with Crippen LogP contribution in [0.3, 0.4) is 0 Å². The number of carbonyl (C=O) groups is 2. The molecule has 4 nitrogen and oxygen atoms in total. The van der Waals surface area contributed by atoms with E-state index in [-0.39, 0.29) is 22.7 Å². The van der Waals surface area contributed by atoms with Gasteiger partial charge in [-0.1, -0.05) is 55.7 Å². The molecule has 4 heteroatoms. The Labute approximate surface area is 195 Å². The molecule has 2 rings (SSSR count). The fourth-order valence-corrected chi connectivity index (χ4v) is 2.74.